The number of hydrogen-bond acceptors (Lipinski definition) is 6. The zero-order chi connectivity index (χ0) is 9.97. The molecule has 6 heteroatoms. The van der Waals surface area contributed by atoms with Gasteiger partial charge in [-0.05, 0) is 0 Å². The van der Waals surface area contributed by atoms with Crippen LogP contribution in [0.2, 0.25) is 0 Å². The molecule has 2 rings (SSSR count). The lowest BCUT2D eigenvalue weighted by molar-refractivity contribution is 0.423. The Bertz CT molecular complexity index is 439. The molecule has 0 aliphatic heterocycles. The van der Waals surface area contributed by atoms with Crippen LogP contribution in [0.1, 0.15) is 12.7 Å². The van der Waals surface area contributed by atoms with Crippen LogP contribution in [-0.4, -0.2) is 20.1 Å². The van der Waals surface area contributed by atoms with Gasteiger partial charge in [0.25, 0.3) is 5.89 Å². The van der Waals surface area contributed by atoms with Gasteiger partial charge in [-0.25, -0.2) is 9.97 Å². The maximum Gasteiger partial charge on any atom is 0.263 e. The molecule has 0 aliphatic rings. The molecule has 0 amide bonds. The Morgan fingerprint density at radius 3 is 3.00 bits per heavy atom. The summed E-state index contributed by atoms with van der Waals surface area (Å²) in [5, 5.41) is 3.75. The third-order valence-electron chi connectivity index (χ3n) is 1.76. The van der Waals surface area contributed by atoms with E-state index in [0.717, 1.165) is 6.42 Å². The minimum atomic E-state index is 0.339. The van der Waals surface area contributed by atoms with Gasteiger partial charge < -0.3 is 10.3 Å². The third kappa shape index (κ3) is 1.41. The van der Waals surface area contributed by atoms with E-state index < -0.39 is 0 Å². The molecule has 0 unspecified atom stereocenters. The van der Waals surface area contributed by atoms with Gasteiger partial charge in [-0.3, -0.25) is 0 Å². The fourth-order valence-electron chi connectivity index (χ4n) is 1.01. The number of anilines is 1. The van der Waals surface area contributed by atoms with E-state index in [1.165, 1.54) is 6.33 Å². The first-order valence-electron chi connectivity index (χ1n) is 4.19. The van der Waals surface area contributed by atoms with E-state index in [2.05, 4.69) is 20.1 Å². The van der Waals surface area contributed by atoms with Crippen LogP contribution in [0.5, 0.6) is 0 Å². The van der Waals surface area contributed by atoms with Gasteiger partial charge in [0.2, 0.25) is 0 Å². The Labute approximate surface area is 80.2 Å². The van der Waals surface area contributed by atoms with Crippen molar-refractivity contribution < 1.29 is 4.52 Å². The van der Waals surface area contributed by atoms with Crippen molar-refractivity contribution in [1.82, 2.24) is 20.1 Å². The number of hydrogen-bond donors (Lipinski definition) is 1. The summed E-state index contributed by atoms with van der Waals surface area (Å²) in [5.41, 5.74) is 6.19. The minimum absolute atomic E-state index is 0.339. The Morgan fingerprint density at radius 2 is 2.36 bits per heavy atom. The van der Waals surface area contributed by atoms with Gasteiger partial charge in [-0.2, -0.15) is 4.98 Å². The van der Waals surface area contributed by atoms with E-state index >= 15 is 0 Å². The van der Waals surface area contributed by atoms with Crippen LogP contribution in [-0.2, 0) is 6.42 Å². The molecule has 2 N–H and O–H groups in total. The van der Waals surface area contributed by atoms with E-state index in [0.29, 0.717) is 23.1 Å². The number of nitrogens with two attached hydrogens (primary N) is 1. The van der Waals surface area contributed by atoms with Gasteiger partial charge in [0, 0.05) is 12.6 Å². The highest BCUT2D eigenvalue weighted by Gasteiger charge is 2.11. The number of rotatable bonds is 2. The van der Waals surface area contributed by atoms with Gasteiger partial charge in [0.15, 0.2) is 5.82 Å². The molecule has 0 radical (unpaired) electrons. The largest absolute Gasteiger partial charge is 0.383 e. The van der Waals surface area contributed by atoms with Crippen LogP contribution in [0.4, 0.5) is 5.82 Å². The van der Waals surface area contributed by atoms with Crippen LogP contribution >= 0.6 is 0 Å². The molecule has 2 aromatic heterocycles. The molecule has 14 heavy (non-hydrogen) atoms. The molecule has 0 bridgehead atoms. The summed E-state index contributed by atoms with van der Waals surface area (Å²) in [6.07, 6.45) is 3.64. The molecule has 0 saturated carbocycles. The van der Waals surface area contributed by atoms with Crippen molar-refractivity contribution >= 4 is 5.82 Å². The van der Waals surface area contributed by atoms with E-state index in [-0.39, 0.29) is 0 Å². The maximum atomic E-state index is 5.62. The molecule has 0 saturated heterocycles. The summed E-state index contributed by atoms with van der Waals surface area (Å²) in [5.74, 6) is 1.34. The van der Waals surface area contributed by atoms with Gasteiger partial charge in [0.05, 0.1) is 0 Å². The van der Waals surface area contributed by atoms with Gasteiger partial charge in [-0.1, -0.05) is 12.1 Å². The van der Waals surface area contributed by atoms with Crippen LogP contribution in [0.15, 0.2) is 17.0 Å². The first-order valence-corrected chi connectivity index (χ1v) is 4.19. The summed E-state index contributed by atoms with van der Waals surface area (Å²) in [6.45, 7) is 1.94. The third-order valence-corrected chi connectivity index (χ3v) is 1.76. The summed E-state index contributed by atoms with van der Waals surface area (Å²) >= 11 is 0. The molecular weight excluding hydrogens is 182 g/mol. The summed E-state index contributed by atoms with van der Waals surface area (Å²) < 4.78 is 5.00. The van der Waals surface area contributed by atoms with Crippen molar-refractivity contribution in [2.75, 3.05) is 5.73 Å². The highest BCUT2D eigenvalue weighted by molar-refractivity contribution is 5.64. The topological polar surface area (TPSA) is 90.7 Å². The molecule has 0 aliphatic carbocycles. The van der Waals surface area contributed by atoms with E-state index in [1.807, 2.05) is 6.92 Å². The molecule has 0 spiro atoms. The molecule has 0 fully saturated rings. The zero-order valence-electron chi connectivity index (χ0n) is 7.64. The normalized spacial score (nSPS) is 10.4. The lowest BCUT2D eigenvalue weighted by atomic mass is 10.3. The Balaban J connectivity index is 2.44. The Hall–Kier alpha value is -1.98. The predicted molar refractivity (Wildman–Crippen MR) is 49.1 cm³/mol. The Kier molecular flexibility index (Phi) is 2.10. The number of aromatic nitrogens is 4. The number of aryl methyl sites for hydroxylation is 1. The molecular formula is C8H9N5O. The standard InChI is InChI=1S/C8H9N5O/c1-2-6-12-8(14-13-6)5-3-10-4-11-7(5)9/h3-4H,2H2,1H3,(H2,9,10,11). The summed E-state index contributed by atoms with van der Waals surface area (Å²) in [6, 6.07) is 0. The molecule has 2 heterocycles. The van der Waals surface area contributed by atoms with Crippen LogP contribution in [0, 0.1) is 0 Å². The second-order valence-corrected chi connectivity index (χ2v) is 2.69. The Morgan fingerprint density at radius 1 is 1.50 bits per heavy atom. The first-order chi connectivity index (χ1) is 6.81. The highest BCUT2D eigenvalue weighted by atomic mass is 16.5. The van der Waals surface area contributed by atoms with Crippen molar-refractivity contribution in [1.29, 1.82) is 0 Å². The van der Waals surface area contributed by atoms with Gasteiger partial charge >= 0.3 is 0 Å². The van der Waals surface area contributed by atoms with Crippen LogP contribution in [0.3, 0.4) is 0 Å². The SMILES string of the molecule is CCc1noc(-c2cncnc2N)n1. The quantitative estimate of drug-likeness (QED) is 0.750. The van der Waals surface area contributed by atoms with E-state index in [1.54, 1.807) is 6.20 Å². The molecule has 0 aromatic carbocycles. The second-order valence-electron chi connectivity index (χ2n) is 2.69. The van der Waals surface area contributed by atoms with Crippen molar-refractivity contribution in [3.63, 3.8) is 0 Å². The lowest BCUT2D eigenvalue weighted by Crippen LogP contribution is -1.94. The lowest BCUT2D eigenvalue weighted by Gasteiger charge is -1.95. The molecule has 72 valence electrons. The first kappa shape index (κ1) is 8.61. The van der Waals surface area contributed by atoms with Crippen LogP contribution < -0.4 is 5.73 Å². The summed E-state index contributed by atoms with van der Waals surface area (Å²) in [7, 11) is 0. The molecule has 2 aromatic rings. The zero-order valence-corrected chi connectivity index (χ0v) is 7.64. The fraction of sp³-hybridized carbons (Fsp3) is 0.250. The fourth-order valence-corrected chi connectivity index (χ4v) is 1.01. The van der Waals surface area contributed by atoms with Crippen molar-refractivity contribution in [2.24, 2.45) is 0 Å². The predicted octanol–water partition coefficient (Wildman–Crippen LogP) is 0.671. The van der Waals surface area contributed by atoms with E-state index in [9.17, 15) is 0 Å². The number of nitrogen functional groups attached to an aromatic ring is 1. The van der Waals surface area contributed by atoms with Crippen molar-refractivity contribution in [2.45, 2.75) is 13.3 Å². The molecule has 6 nitrogen and oxygen atoms in total. The average Bonchev–Trinajstić information content (AvgIpc) is 2.67. The smallest absolute Gasteiger partial charge is 0.263 e. The minimum Gasteiger partial charge on any atom is -0.383 e. The monoisotopic (exact) mass is 191 g/mol. The van der Waals surface area contributed by atoms with Crippen molar-refractivity contribution in [3.05, 3.63) is 18.3 Å². The van der Waals surface area contributed by atoms with Crippen LogP contribution in [0.25, 0.3) is 11.5 Å². The summed E-state index contributed by atoms with van der Waals surface area (Å²) in [4.78, 5) is 11.8. The molecule has 0 atom stereocenters. The van der Waals surface area contributed by atoms with Crippen molar-refractivity contribution in [3.8, 4) is 11.5 Å². The highest BCUT2D eigenvalue weighted by Crippen LogP contribution is 2.20. The average molecular weight is 191 g/mol. The van der Waals surface area contributed by atoms with Gasteiger partial charge in [0.1, 0.15) is 17.7 Å². The number of nitrogens with zero attached hydrogens (tertiary/aromatic N) is 4. The van der Waals surface area contributed by atoms with Gasteiger partial charge in [-0.15, -0.1) is 0 Å². The maximum absolute atomic E-state index is 5.62. The van der Waals surface area contributed by atoms with E-state index in [4.69, 9.17) is 10.3 Å². The second kappa shape index (κ2) is 3.41.